The van der Waals surface area contributed by atoms with Gasteiger partial charge in [0.25, 0.3) is 0 Å². The zero-order chi connectivity index (χ0) is 14.9. The van der Waals surface area contributed by atoms with Gasteiger partial charge in [0, 0.05) is 12.6 Å². The first-order chi connectivity index (χ1) is 10.3. The van der Waals surface area contributed by atoms with E-state index in [0.29, 0.717) is 6.61 Å². The molecule has 4 nitrogen and oxygen atoms in total. The van der Waals surface area contributed by atoms with E-state index in [2.05, 4.69) is 36.5 Å². The molecule has 1 aromatic carbocycles. The van der Waals surface area contributed by atoms with Crippen molar-refractivity contribution >= 4 is 0 Å². The summed E-state index contributed by atoms with van der Waals surface area (Å²) in [5.74, 6) is 1.61. The molecule has 0 radical (unpaired) electrons. The van der Waals surface area contributed by atoms with Crippen molar-refractivity contribution in [1.29, 1.82) is 0 Å². The van der Waals surface area contributed by atoms with Crippen LogP contribution in [-0.2, 0) is 19.6 Å². The maximum atomic E-state index is 5.72. The Labute approximate surface area is 126 Å². The molecule has 0 aliphatic carbocycles. The molecule has 1 N–H and O–H groups in total. The fourth-order valence-electron chi connectivity index (χ4n) is 2.05. The van der Waals surface area contributed by atoms with Crippen molar-refractivity contribution in [2.24, 2.45) is 0 Å². The Kier molecular flexibility index (Phi) is 6.28. The molecule has 21 heavy (non-hydrogen) atoms. The molecule has 0 amide bonds. The second kappa shape index (κ2) is 8.47. The molecule has 4 heteroatoms. The molecule has 0 saturated heterocycles. The molecule has 1 heterocycles. The molecule has 1 aromatic heterocycles. The number of nitrogens with zero attached hydrogens (tertiary/aromatic N) is 1. The average molecular weight is 288 g/mol. The molecule has 0 unspecified atom stereocenters. The minimum atomic E-state index is 0.410. The van der Waals surface area contributed by atoms with Gasteiger partial charge in [0.2, 0.25) is 0 Å². The van der Waals surface area contributed by atoms with Gasteiger partial charge in [-0.15, -0.1) is 0 Å². The fraction of sp³-hybridized carbons (Fsp3) is 0.471. The van der Waals surface area contributed by atoms with Crippen LogP contribution < -0.4 is 10.1 Å². The van der Waals surface area contributed by atoms with E-state index >= 15 is 0 Å². The van der Waals surface area contributed by atoms with Crippen LogP contribution in [-0.4, -0.2) is 11.7 Å². The van der Waals surface area contributed by atoms with Crippen LogP contribution in [0.1, 0.15) is 43.7 Å². The van der Waals surface area contributed by atoms with Gasteiger partial charge in [-0.25, -0.2) is 0 Å². The van der Waals surface area contributed by atoms with Gasteiger partial charge in [0.1, 0.15) is 12.4 Å². The van der Waals surface area contributed by atoms with Gasteiger partial charge in [0.05, 0.1) is 5.69 Å². The van der Waals surface area contributed by atoms with Crippen LogP contribution in [0.2, 0.25) is 0 Å². The fourth-order valence-corrected chi connectivity index (χ4v) is 2.05. The third-order valence-electron chi connectivity index (χ3n) is 3.29. The van der Waals surface area contributed by atoms with Gasteiger partial charge in [-0.2, -0.15) is 0 Å². The first-order valence-electron chi connectivity index (χ1n) is 7.68. The molecule has 0 atom stereocenters. The van der Waals surface area contributed by atoms with Crippen LogP contribution in [0.4, 0.5) is 0 Å². The summed E-state index contributed by atoms with van der Waals surface area (Å²) in [5, 5.41) is 7.21. The summed E-state index contributed by atoms with van der Waals surface area (Å²) >= 11 is 0. The number of ether oxygens (including phenoxy) is 1. The van der Waals surface area contributed by atoms with Crippen molar-refractivity contribution in [2.75, 3.05) is 6.54 Å². The number of unbranched alkanes of at least 4 members (excludes halogenated alkanes) is 1. The standard InChI is InChI=1S/C17H24N2O2/c1-3-5-6-14-7-9-16(10-8-14)20-13-17-11-15(19-21-17)12-18-4-2/h7-11,18H,3-6,12-13H2,1-2H3. The Morgan fingerprint density at radius 3 is 2.71 bits per heavy atom. The van der Waals surface area contributed by atoms with Gasteiger partial charge in [-0.3, -0.25) is 0 Å². The van der Waals surface area contributed by atoms with Crippen molar-refractivity contribution < 1.29 is 9.26 Å². The van der Waals surface area contributed by atoms with Crippen LogP contribution in [0.15, 0.2) is 34.9 Å². The lowest BCUT2D eigenvalue weighted by Gasteiger charge is -2.05. The lowest BCUT2D eigenvalue weighted by atomic mass is 10.1. The number of hydrogen-bond acceptors (Lipinski definition) is 4. The number of aromatic nitrogens is 1. The summed E-state index contributed by atoms with van der Waals surface area (Å²) < 4.78 is 11.0. The minimum absolute atomic E-state index is 0.410. The number of rotatable bonds is 9. The van der Waals surface area contributed by atoms with Gasteiger partial charge in [-0.05, 0) is 37.1 Å². The normalized spacial score (nSPS) is 10.8. The number of nitrogens with one attached hydrogen (secondary N) is 1. The monoisotopic (exact) mass is 288 g/mol. The molecule has 0 spiro atoms. The quantitative estimate of drug-likeness (QED) is 0.764. The highest BCUT2D eigenvalue weighted by Gasteiger charge is 2.04. The van der Waals surface area contributed by atoms with Gasteiger partial charge in [0.15, 0.2) is 5.76 Å². The second-order valence-corrected chi connectivity index (χ2v) is 5.10. The highest BCUT2D eigenvalue weighted by Crippen LogP contribution is 2.16. The number of aryl methyl sites for hydroxylation is 1. The van der Waals surface area contributed by atoms with Crippen LogP contribution in [0.3, 0.4) is 0 Å². The molecule has 0 bridgehead atoms. The first-order valence-corrected chi connectivity index (χ1v) is 7.68. The summed E-state index contributed by atoms with van der Waals surface area (Å²) in [6, 6.07) is 10.2. The topological polar surface area (TPSA) is 47.3 Å². The maximum Gasteiger partial charge on any atom is 0.174 e. The Balaban J connectivity index is 1.80. The molecule has 0 aliphatic rings. The van der Waals surface area contributed by atoms with Crippen molar-refractivity contribution in [1.82, 2.24) is 10.5 Å². The predicted octanol–water partition coefficient (Wildman–Crippen LogP) is 3.71. The van der Waals surface area contributed by atoms with Crippen molar-refractivity contribution in [3.05, 3.63) is 47.3 Å². The smallest absolute Gasteiger partial charge is 0.174 e. The maximum absolute atomic E-state index is 5.72. The Hall–Kier alpha value is -1.81. The summed E-state index contributed by atoms with van der Waals surface area (Å²) in [7, 11) is 0. The molecule has 114 valence electrons. The Bertz CT molecular complexity index is 520. The van der Waals surface area contributed by atoms with Gasteiger partial charge in [-0.1, -0.05) is 37.6 Å². The van der Waals surface area contributed by atoms with Crippen LogP contribution in [0.25, 0.3) is 0 Å². The molecule has 0 fully saturated rings. The lowest BCUT2D eigenvalue weighted by molar-refractivity contribution is 0.248. The zero-order valence-corrected chi connectivity index (χ0v) is 12.9. The van der Waals surface area contributed by atoms with Crippen molar-refractivity contribution in [2.45, 2.75) is 46.3 Å². The summed E-state index contributed by atoms with van der Waals surface area (Å²) in [5.41, 5.74) is 2.27. The molecular weight excluding hydrogens is 264 g/mol. The second-order valence-electron chi connectivity index (χ2n) is 5.10. The van der Waals surface area contributed by atoms with Crippen LogP contribution in [0.5, 0.6) is 5.75 Å². The zero-order valence-electron chi connectivity index (χ0n) is 12.9. The SMILES string of the molecule is CCCCc1ccc(OCc2cc(CNCC)no2)cc1. The average Bonchev–Trinajstić information content (AvgIpc) is 2.98. The molecule has 0 aliphatic heterocycles. The lowest BCUT2D eigenvalue weighted by Crippen LogP contribution is -2.11. The van der Waals surface area contributed by atoms with Gasteiger partial charge < -0.3 is 14.6 Å². The van der Waals surface area contributed by atoms with E-state index in [9.17, 15) is 0 Å². The molecular formula is C17H24N2O2. The Morgan fingerprint density at radius 1 is 1.19 bits per heavy atom. The summed E-state index contributed by atoms with van der Waals surface area (Å²) in [4.78, 5) is 0. The molecule has 2 aromatic rings. The summed E-state index contributed by atoms with van der Waals surface area (Å²) in [6.45, 7) is 6.33. The van der Waals surface area contributed by atoms with E-state index in [0.717, 1.165) is 36.7 Å². The van der Waals surface area contributed by atoms with E-state index < -0.39 is 0 Å². The number of benzene rings is 1. The summed E-state index contributed by atoms with van der Waals surface area (Å²) in [6.07, 6.45) is 3.58. The van der Waals surface area contributed by atoms with E-state index in [-0.39, 0.29) is 0 Å². The van der Waals surface area contributed by atoms with Crippen LogP contribution >= 0.6 is 0 Å². The minimum Gasteiger partial charge on any atom is -0.486 e. The Morgan fingerprint density at radius 2 is 2.00 bits per heavy atom. The highest BCUT2D eigenvalue weighted by molar-refractivity contribution is 5.27. The van der Waals surface area contributed by atoms with E-state index in [1.165, 1.54) is 18.4 Å². The third-order valence-corrected chi connectivity index (χ3v) is 3.29. The van der Waals surface area contributed by atoms with Gasteiger partial charge >= 0.3 is 0 Å². The van der Waals surface area contributed by atoms with Crippen LogP contribution in [0, 0.1) is 0 Å². The van der Waals surface area contributed by atoms with Crippen molar-refractivity contribution in [3.63, 3.8) is 0 Å². The van der Waals surface area contributed by atoms with Crippen molar-refractivity contribution in [3.8, 4) is 5.75 Å². The largest absolute Gasteiger partial charge is 0.486 e. The first kappa shape index (κ1) is 15.6. The molecule has 0 saturated carbocycles. The number of hydrogen-bond donors (Lipinski definition) is 1. The van der Waals surface area contributed by atoms with E-state index in [1.54, 1.807) is 0 Å². The van der Waals surface area contributed by atoms with E-state index in [1.807, 2.05) is 18.2 Å². The molecule has 2 rings (SSSR count). The predicted molar refractivity (Wildman–Crippen MR) is 83.3 cm³/mol. The third kappa shape index (κ3) is 5.23. The highest BCUT2D eigenvalue weighted by atomic mass is 16.5. The van der Waals surface area contributed by atoms with E-state index in [4.69, 9.17) is 9.26 Å².